The lowest BCUT2D eigenvalue weighted by Gasteiger charge is -2.31. The number of aromatic hydroxyl groups is 1. The van der Waals surface area contributed by atoms with E-state index in [9.17, 15) is 31.5 Å². The summed E-state index contributed by atoms with van der Waals surface area (Å²) in [6.45, 7) is 4.64. The Bertz CT molecular complexity index is 770. The molecule has 1 aromatic rings. The summed E-state index contributed by atoms with van der Waals surface area (Å²) in [4.78, 5) is 12.2. The van der Waals surface area contributed by atoms with E-state index in [1.165, 1.54) is 19.9 Å². The van der Waals surface area contributed by atoms with Crippen molar-refractivity contribution in [2.75, 3.05) is 5.75 Å². The molecule has 136 valence electrons. The number of alkyl halides is 3. The number of esters is 1. The summed E-state index contributed by atoms with van der Waals surface area (Å²) in [5.74, 6) is -3.58. The number of ether oxygens (including phenoxy) is 1. The van der Waals surface area contributed by atoms with Gasteiger partial charge < -0.3 is 9.84 Å². The van der Waals surface area contributed by atoms with Gasteiger partial charge in [0.05, 0.1) is 5.56 Å². The zero-order chi connectivity index (χ0) is 19.1. The SMILES string of the molecule is Cc1cc(C)c(C(=O)OC(C)(CS(=O)(=O)O)C(F)(F)F)c(C)c1O. The smallest absolute Gasteiger partial charge is 0.429 e. The topological polar surface area (TPSA) is 101 Å². The van der Waals surface area contributed by atoms with Crippen LogP contribution in [0.1, 0.15) is 34.0 Å². The summed E-state index contributed by atoms with van der Waals surface area (Å²) >= 11 is 0. The van der Waals surface area contributed by atoms with Crippen LogP contribution in [0.15, 0.2) is 6.07 Å². The summed E-state index contributed by atoms with van der Waals surface area (Å²) in [7, 11) is -5.07. The van der Waals surface area contributed by atoms with E-state index in [0.717, 1.165) is 0 Å². The van der Waals surface area contributed by atoms with E-state index in [1.807, 2.05) is 0 Å². The second-order valence-corrected chi connectivity index (χ2v) is 7.16. The highest BCUT2D eigenvalue weighted by atomic mass is 32.2. The quantitative estimate of drug-likeness (QED) is 0.624. The minimum atomic E-state index is -5.24. The number of phenolic OH excluding ortho intramolecular Hbond substituents is 1. The Morgan fingerprint density at radius 1 is 1.21 bits per heavy atom. The molecule has 0 saturated heterocycles. The monoisotopic (exact) mass is 370 g/mol. The van der Waals surface area contributed by atoms with E-state index in [2.05, 4.69) is 4.74 Å². The molecule has 2 N–H and O–H groups in total. The lowest BCUT2D eigenvalue weighted by atomic mass is 9.98. The molecular weight excluding hydrogens is 353 g/mol. The molecule has 0 aromatic heterocycles. The van der Waals surface area contributed by atoms with Crippen molar-refractivity contribution in [2.24, 2.45) is 0 Å². The maximum Gasteiger partial charge on any atom is 0.429 e. The Morgan fingerprint density at radius 3 is 2.12 bits per heavy atom. The van der Waals surface area contributed by atoms with E-state index in [4.69, 9.17) is 4.55 Å². The molecule has 0 saturated carbocycles. The molecule has 1 rings (SSSR count). The van der Waals surface area contributed by atoms with Crippen LogP contribution in [-0.4, -0.2) is 41.6 Å². The molecule has 1 unspecified atom stereocenters. The van der Waals surface area contributed by atoms with Crippen molar-refractivity contribution in [1.29, 1.82) is 0 Å². The highest BCUT2D eigenvalue weighted by Crippen LogP contribution is 2.36. The molecule has 1 aromatic carbocycles. The van der Waals surface area contributed by atoms with Gasteiger partial charge in [-0.25, -0.2) is 4.79 Å². The van der Waals surface area contributed by atoms with Crippen molar-refractivity contribution >= 4 is 16.1 Å². The average molecular weight is 370 g/mol. The van der Waals surface area contributed by atoms with Crippen molar-refractivity contribution < 1.29 is 40.8 Å². The molecular formula is C14H17F3O6S. The predicted molar refractivity (Wildman–Crippen MR) is 78.6 cm³/mol. The molecule has 24 heavy (non-hydrogen) atoms. The first kappa shape index (κ1) is 20.2. The summed E-state index contributed by atoms with van der Waals surface area (Å²) in [6.07, 6.45) is -5.24. The van der Waals surface area contributed by atoms with E-state index >= 15 is 0 Å². The molecule has 0 aliphatic carbocycles. The van der Waals surface area contributed by atoms with Gasteiger partial charge in [0.15, 0.2) is 0 Å². The third kappa shape index (κ3) is 4.18. The fourth-order valence-electron chi connectivity index (χ4n) is 2.26. The number of rotatable bonds is 4. The first-order chi connectivity index (χ1) is 10.6. The number of halogens is 3. The predicted octanol–water partition coefficient (Wildman–Crippen LogP) is 2.68. The van der Waals surface area contributed by atoms with Crippen LogP contribution < -0.4 is 0 Å². The highest BCUT2D eigenvalue weighted by Gasteiger charge is 2.57. The molecule has 0 spiro atoms. The highest BCUT2D eigenvalue weighted by molar-refractivity contribution is 7.85. The second kappa shape index (κ2) is 6.25. The molecule has 6 nitrogen and oxygen atoms in total. The number of hydrogen-bond donors (Lipinski definition) is 2. The van der Waals surface area contributed by atoms with Crippen LogP contribution in [0.4, 0.5) is 13.2 Å². The van der Waals surface area contributed by atoms with Gasteiger partial charge in [-0.15, -0.1) is 0 Å². The van der Waals surface area contributed by atoms with Crippen LogP contribution in [0.3, 0.4) is 0 Å². The minimum absolute atomic E-state index is 0.00822. The van der Waals surface area contributed by atoms with Crippen LogP contribution >= 0.6 is 0 Å². The number of carbonyl (C=O) groups excluding carboxylic acids is 1. The Balaban J connectivity index is 3.37. The van der Waals surface area contributed by atoms with E-state index in [1.54, 1.807) is 6.92 Å². The van der Waals surface area contributed by atoms with E-state index < -0.39 is 33.6 Å². The molecule has 1 atom stereocenters. The van der Waals surface area contributed by atoms with Crippen LogP contribution in [0.5, 0.6) is 5.75 Å². The zero-order valence-electron chi connectivity index (χ0n) is 13.4. The Labute approximate surface area is 137 Å². The molecule has 0 fully saturated rings. The van der Waals surface area contributed by atoms with Crippen LogP contribution in [-0.2, 0) is 14.9 Å². The van der Waals surface area contributed by atoms with Gasteiger partial charge in [-0.05, 0) is 38.8 Å². The maximum atomic E-state index is 13.2. The van der Waals surface area contributed by atoms with Crippen LogP contribution in [0, 0.1) is 20.8 Å². The van der Waals surface area contributed by atoms with Gasteiger partial charge in [0.1, 0.15) is 11.5 Å². The fourth-order valence-corrected chi connectivity index (χ4v) is 3.18. The maximum absolute atomic E-state index is 13.2. The normalized spacial score (nSPS) is 15.0. The molecule has 0 heterocycles. The van der Waals surface area contributed by atoms with Crippen LogP contribution in [0.2, 0.25) is 0 Å². The van der Waals surface area contributed by atoms with Crippen molar-refractivity contribution in [1.82, 2.24) is 0 Å². The van der Waals surface area contributed by atoms with E-state index in [0.29, 0.717) is 12.5 Å². The van der Waals surface area contributed by atoms with Crippen molar-refractivity contribution in [3.8, 4) is 5.75 Å². The van der Waals surface area contributed by atoms with Gasteiger partial charge in [-0.2, -0.15) is 21.6 Å². The summed E-state index contributed by atoms with van der Waals surface area (Å²) in [6, 6.07) is 1.38. The standard InChI is InChI=1S/C14H17F3O6S/c1-7-5-8(2)11(18)9(3)10(7)12(19)23-13(4,14(15,16)17)6-24(20,21)22/h5,18H,6H2,1-4H3,(H,20,21,22). The first-order valence-electron chi connectivity index (χ1n) is 6.64. The van der Waals surface area contributed by atoms with Gasteiger partial charge >= 0.3 is 12.1 Å². The lowest BCUT2D eigenvalue weighted by Crippen LogP contribution is -2.51. The first-order valence-corrected chi connectivity index (χ1v) is 8.25. The molecule has 0 radical (unpaired) electrons. The summed E-state index contributed by atoms with van der Waals surface area (Å²) < 4.78 is 74.3. The van der Waals surface area contributed by atoms with E-state index in [-0.39, 0.29) is 22.4 Å². The van der Waals surface area contributed by atoms with Gasteiger partial charge in [0.2, 0.25) is 5.60 Å². The molecule has 0 aliphatic rings. The van der Waals surface area contributed by atoms with Gasteiger partial charge in [-0.1, -0.05) is 6.07 Å². The molecule has 0 aliphatic heterocycles. The lowest BCUT2D eigenvalue weighted by molar-refractivity contribution is -0.243. The largest absolute Gasteiger partial charge is 0.507 e. The molecule has 0 bridgehead atoms. The minimum Gasteiger partial charge on any atom is -0.507 e. The Morgan fingerprint density at radius 2 is 1.71 bits per heavy atom. The second-order valence-electron chi connectivity index (χ2n) is 5.70. The third-order valence-corrected chi connectivity index (χ3v) is 4.43. The summed E-state index contributed by atoms with van der Waals surface area (Å²) in [5.41, 5.74) is -3.07. The Hall–Kier alpha value is -1.81. The van der Waals surface area contributed by atoms with Crippen molar-refractivity contribution in [2.45, 2.75) is 39.5 Å². The van der Waals surface area contributed by atoms with Gasteiger partial charge in [0.25, 0.3) is 10.1 Å². The van der Waals surface area contributed by atoms with Crippen LogP contribution in [0.25, 0.3) is 0 Å². The zero-order valence-corrected chi connectivity index (χ0v) is 14.2. The fraction of sp³-hybridized carbons (Fsp3) is 0.500. The van der Waals surface area contributed by atoms with Gasteiger partial charge in [0, 0.05) is 5.56 Å². The van der Waals surface area contributed by atoms with Crippen molar-refractivity contribution in [3.05, 3.63) is 28.3 Å². The number of aryl methyl sites for hydroxylation is 2. The molecule has 0 amide bonds. The third-order valence-electron chi connectivity index (χ3n) is 3.51. The number of carbonyl (C=O) groups is 1. The average Bonchev–Trinajstić information content (AvgIpc) is 2.32. The van der Waals surface area contributed by atoms with Crippen molar-refractivity contribution in [3.63, 3.8) is 0 Å². The van der Waals surface area contributed by atoms with Gasteiger partial charge in [-0.3, -0.25) is 4.55 Å². The molecule has 10 heteroatoms. The Kier molecular flexibility index (Phi) is 5.27. The summed E-state index contributed by atoms with van der Waals surface area (Å²) in [5, 5.41) is 9.84. The number of hydrogen-bond acceptors (Lipinski definition) is 5. The number of phenols is 1. The number of benzene rings is 1.